The number of aliphatic carboxylic acids is 1. The molecule has 3 atom stereocenters. The highest BCUT2D eigenvalue weighted by atomic mass is 32.1. The van der Waals surface area contributed by atoms with Crippen LogP contribution in [0.1, 0.15) is 70.5 Å². The van der Waals surface area contributed by atoms with Crippen molar-refractivity contribution in [3.8, 4) is 0 Å². The summed E-state index contributed by atoms with van der Waals surface area (Å²) in [5.41, 5.74) is 3.87. The van der Waals surface area contributed by atoms with E-state index in [-0.39, 0.29) is 6.04 Å². The van der Waals surface area contributed by atoms with Crippen LogP contribution in [0.5, 0.6) is 0 Å². The summed E-state index contributed by atoms with van der Waals surface area (Å²) in [6, 6.07) is 12.7. The molecule has 1 aromatic carbocycles. The first kappa shape index (κ1) is 26.6. The molecule has 6 nitrogen and oxygen atoms in total. The number of benzene rings is 1. The van der Waals surface area contributed by atoms with Crippen LogP contribution in [0.4, 0.5) is 0 Å². The number of pyridine rings is 1. The minimum absolute atomic E-state index is 0.340. The Bertz CT molecular complexity index is 1250. The van der Waals surface area contributed by atoms with E-state index in [1.807, 2.05) is 29.8 Å². The fraction of sp³-hybridized carbons (Fsp3) is 0.531. The van der Waals surface area contributed by atoms with Gasteiger partial charge in [-0.15, -0.1) is 11.3 Å². The normalized spacial score (nSPS) is 23.7. The number of carboxylic acid groups (broad SMARTS) is 1. The van der Waals surface area contributed by atoms with Crippen molar-refractivity contribution >= 4 is 17.3 Å². The molecule has 6 rings (SSSR count). The quantitative estimate of drug-likeness (QED) is 0.359. The van der Waals surface area contributed by atoms with E-state index >= 15 is 0 Å². The van der Waals surface area contributed by atoms with Crippen LogP contribution in [-0.2, 0) is 11.2 Å². The maximum Gasteiger partial charge on any atom is 0.320 e. The molecule has 206 valence electrons. The lowest BCUT2D eigenvalue weighted by Gasteiger charge is -2.34. The number of carboxylic acids is 1. The molecule has 2 aromatic heterocycles. The van der Waals surface area contributed by atoms with Crippen molar-refractivity contribution in [1.29, 1.82) is 0 Å². The lowest BCUT2D eigenvalue weighted by molar-refractivity contribution is -0.143. The summed E-state index contributed by atoms with van der Waals surface area (Å²) in [7, 11) is 0. The van der Waals surface area contributed by atoms with Crippen LogP contribution in [0.15, 0.2) is 55.0 Å². The second-order valence-electron chi connectivity index (χ2n) is 12.0. The number of hydrogen-bond donors (Lipinski definition) is 1. The predicted octanol–water partition coefficient (Wildman–Crippen LogP) is 5.59. The minimum atomic E-state index is -0.640. The summed E-state index contributed by atoms with van der Waals surface area (Å²) in [6.45, 7) is 7.14. The van der Waals surface area contributed by atoms with Crippen molar-refractivity contribution in [2.75, 3.05) is 32.7 Å². The number of thiazole rings is 1. The molecule has 0 radical (unpaired) electrons. The van der Waals surface area contributed by atoms with Gasteiger partial charge in [-0.1, -0.05) is 48.7 Å². The Balaban J connectivity index is 1.09. The monoisotopic (exact) mass is 544 g/mol. The molecule has 1 N–H and O–H groups in total. The molecule has 7 heteroatoms. The molecule has 1 aliphatic carbocycles. The molecule has 3 fully saturated rings. The van der Waals surface area contributed by atoms with Gasteiger partial charge in [0.25, 0.3) is 0 Å². The smallest absolute Gasteiger partial charge is 0.320 e. The van der Waals surface area contributed by atoms with E-state index in [9.17, 15) is 9.90 Å². The Morgan fingerprint density at radius 3 is 2.67 bits per heavy atom. The molecule has 2 aliphatic heterocycles. The first-order valence-electron chi connectivity index (χ1n) is 14.6. The summed E-state index contributed by atoms with van der Waals surface area (Å²) < 4.78 is 0. The number of piperidine rings is 1. The van der Waals surface area contributed by atoms with Crippen LogP contribution in [-0.4, -0.2) is 69.6 Å². The lowest BCUT2D eigenvalue weighted by atomic mass is 9.87. The van der Waals surface area contributed by atoms with Crippen LogP contribution in [0.25, 0.3) is 0 Å². The second-order valence-corrected chi connectivity index (χ2v) is 13.2. The number of likely N-dealkylation sites (tertiary alicyclic amines) is 2. The van der Waals surface area contributed by atoms with Crippen molar-refractivity contribution in [1.82, 2.24) is 19.8 Å². The Hall–Kier alpha value is -2.61. The number of hydrogen-bond acceptors (Lipinski definition) is 6. The van der Waals surface area contributed by atoms with Crippen molar-refractivity contribution in [2.45, 2.75) is 63.3 Å². The van der Waals surface area contributed by atoms with Gasteiger partial charge >= 0.3 is 5.97 Å². The van der Waals surface area contributed by atoms with E-state index in [1.165, 1.54) is 52.3 Å². The number of carbonyl (C=O) groups is 1. The fourth-order valence-corrected chi connectivity index (χ4v) is 7.83. The van der Waals surface area contributed by atoms with Gasteiger partial charge in [-0.2, -0.15) is 0 Å². The third-order valence-corrected chi connectivity index (χ3v) is 10.2. The van der Waals surface area contributed by atoms with Gasteiger partial charge in [0, 0.05) is 55.4 Å². The number of rotatable bonds is 10. The van der Waals surface area contributed by atoms with Crippen LogP contribution in [0.3, 0.4) is 0 Å². The van der Waals surface area contributed by atoms with E-state index in [0.29, 0.717) is 23.7 Å². The van der Waals surface area contributed by atoms with Crippen molar-refractivity contribution in [3.63, 3.8) is 0 Å². The molecule has 3 unspecified atom stereocenters. The molecular weight excluding hydrogens is 504 g/mol. The topological polar surface area (TPSA) is 69.6 Å². The fourth-order valence-electron chi connectivity index (χ4n) is 6.70. The van der Waals surface area contributed by atoms with Crippen molar-refractivity contribution in [3.05, 3.63) is 81.6 Å². The van der Waals surface area contributed by atoms with Crippen LogP contribution in [0.2, 0.25) is 0 Å². The van der Waals surface area contributed by atoms with E-state index in [1.54, 1.807) is 0 Å². The third kappa shape index (κ3) is 6.59. The molecule has 0 bridgehead atoms. The van der Waals surface area contributed by atoms with E-state index in [2.05, 4.69) is 58.2 Å². The number of aromatic nitrogens is 2. The lowest BCUT2D eigenvalue weighted by Crippen LogP contribution is -2.41. The molecule has 0 spiro atoms. The average molecular weight is 545 g/mol. The Morgan fingerprint density at radius 2 is 1.95 bits per heavy atom. The largest absolute Gasteiger partial charge is 0.480 e. The molecule has 3 aliphatic rings. The zero-order chi connectivity index (χ0) is 26.8. The highest BCUT2D eigenvalue weighted by Gasteiger charge is 2.42. The molecular formula is C32H40N4O2S. The van der Waals surface area contributed by atoms with E-state index < -0.39 is 5.97 Å². The third-order valence-electron chi connectivity index (χ3n) is 9.05. The molecule has 3 aromatic rings. The van der Waals surface area contributed by atoms with Gasteiger partial charge in [-0.25, -0.2) is 4.98 Å². The summed E-state index contributed by atoms with van der Waals surface area (Å²) in [6.07, 6.45) is 12.2. The summed E-state index contributed by atoms with van der Waals surface area (Å²) >= 11 is 1.86. The zero-order valence-corrected chi connectivity index (χ0v) is 23.7. The van der Waals surface area contributed by atoms with Crippen LogP contribution in [0, 0.1) is 18.8 Å². The first-order chi connectivity index (χ1) is 19.0. The van der Waals surface area contributed by atoms with Gasteiger partial charge in [0.2, 0.25) is 0 Å². The predicted molar refractivity (Wildman–Crippen MR) is 155 cm³/mol. The van der Waals surface area contributed by atoms with Gasteiger partial charge in [0.15, 0.2) is 0 Å². The maximum atomic E-state index is 12.3. The zero-order valence-electron chi connectivity index (χ0n) is 22.9. The number of aryl methyl sites for hydroxylation is 1. The van der Waals surface area contributed by atoms with Gasteiger partial charge in [-0.05, 0) is 74.2 Å². The van der Waals surface area contributed by atoms with E-state index in [4.69, 9.17) is 4.98 Å². The van der Waals surface area contributed by atoms with E-state index in [0.717, 1.165) is 45.6 Å². The van der Waals surface area contributed by atoms with Crippen molar-refractivity contribution in [2.24, 2.45) is 11.8 Å². The molecule has 1 saturated carbocycles. The summed E-state index contributed by atoms with van der Waals surface area (Å²) in [5, 5.41) is 11.3. The van der Waals surface area contributed by atoms with Gasteiger partial charge < -0.3 is 10.0 Å². The summed E-state index contributed by atoms with van der Waals surface area (Å²) in [4.78, 5) is 27.6. The van der Waals surface area contributed by atoms with Crippen LogP contribution >= 0.6 is 11.3 Å². The average Bonchev–Trinajstić information content (AvgIpc) is 3.49. The SMILES string of the molecule is Cc1cccc(C2CN(C(CC3CC3)C(=O)O)CC2CN2CCC(c3cnc(Cc4cccnc4)s3)CC2)c1. The molecule has 39 heavy (non-hydrogen) atoms. The van der Waals surface area contributed by atoms with Gasteiger partial charge in [-0.3, -0.25) is 14.7 Å². The van der Waals surface area contributed by atoms with Gasteiger partial charge in [0.1, 0.15) is 6.04 Å². The summed E-state index contributed by atoms with van der Waals surface area (Å²) in [5.74, 6) is 1.40. The van der Waals surface area contributed by atoms with Crippen LogP contribution < -0.4 is 0 Å². The second kappa shape index (κ2) is 11.9. The standard InChI is InChI=1S/C32H40N4O2S/c1-22-4-2-6-26(14-22)28-21-36(29(32(37)38)15-23-7-8-23)20-27(28)19-35-12-9-25(10-13-35)30-18-34-31(39-30)16-24-5-3-11-33-17-24/h2-6,11,14,17-18,23,25,27-29H,7-10,12-13,15-16,19-21H2,1H3,(H,37,38). The highest BCUT2D eigenvalue weighted by molar-refractivity contribution is 7.11. The molecule has 2 saturated heterocycles. The highest BCUT2D eigenvalue weighted by Crippen LogP contribution is 2.40. The first-order valence-corrected chi connectivity index (χ1v) is 15.4. The Morgan fingerprint density at radius 1 is 1.10 bits per heavy atom. The number of nitrogens with zero attached hydrogens (tertiary/aromatic N) is 4. The van der Waals surface area contributed by atoms with Crippen molar-refractivity contribution < 1.29 is 9.90 Å². The Kier molecular flexibility index (Phi) is 8.09. The Labute approximate surface area is 236 Å². The van der Waals surface area contributed by atoms with Gasteiger partial charge in [0.05, 0.1) is 5.01 Å². The maximum absolute atomic E-state index is 12.3. The molecule has 0 amide bonds. The molecule has 4 heterocycles. The minimum Gasteiger partial charge on any atom is -0.480 e.